The monoisotopic (exact) mass is 972 g/mol. The summed E-state index contributed by atoms with van der Waals surface area (Å²) in [6.45, 7) is 3.70. The average Bonchev–Trinajstić information content (AvgIpc) is 3.75. The molecule has 0 aliphatic rings. The van der Waals surface area contributed by atoms with Gasteiger partial charge in [0.2, 0.25) is 5.82 Å². The Bertz CT molecular complexity index is 2340. The van der Waals surface area contributed by atoms with Crippen molar-refractivity contribution in [3.05, 3.63) is 152 Å². The average molecular weight is 972 g/mol. The van der Waals surface area contributed by atoms with Crippen LogP contribution in [0.25, 0.3) is 45.8 Å². The number of rotatable bonds is 4. The van der Waals surface area contributed by atoms with Gasteiger partial charge in [0, 0.05) is 43.0 Å². The van der Waals surface area contributed by atoms with Crippen molar-refractivity contribution in [3.8, 4) is 45.8 Å². The van der Waals surface area contributed by atoms with Crippen molar-refractivity contribution in [2.75, 3.05) is 0 Å². The first-order chi connectivity index (χ1) is 27.4. The van der Waals surface area contributed by atoms with Crippen LogP contribution in [-0.2, 0) is 32.5 Å². The molecule has 8 heterocycles. The quantitative estimate of drug-likeness (QED) is 0.133. The van der Waals surface area contributed by atoms with Crippen LogP contribution in [0.3, 0.4) is 0 Å². The molecule has 0 saturated heterocycles. The predicted molar refractivity (Wildman–Crippen MR) is 189 cm³/mol. The third-order valence-corrected chi connectivity index (χ3v) is 6.57. The zero-order chi connectivity index (χ0) is 40.7. The fourth-order valence-corrected chi connectivity index (χ4v) is 4.11. The SMILES string of the molecule is Cc1nc[c-]c(-c2ccccn2)n1.Cc1nc[c-]c(-c2ccccn2)n1.FC(F)(F)c1n[n-]c(-c2ncccn2)n1.FC(F)(F)c1nccc(-c2ccccn2)n1.[Ir+3]. The molecule has 0 saturated carbocycles. The summed E-state index contributed by atoms with van der Waals surface area (Å²) in [6.07, 6.45) is 2.90. The van der Waals surface area contributed by atoms with Gasteiger partial charge in [-0.2, -0.15) is 26.3 Å². The van der Waals surface area contributed by atoms with E-state index in [2.05, 4.69) is 82.1 Å². The molecule has 0 bridgehead atoms. The summed E-state index contributed by atoms with van der Waals surface area (Å²) in [5, 5.41) is 6.14. The zero-order valence-electron chi connectivity index (χ0n) is 29.8. The molecule has 294 valence electrons. The van der Waals surface area contributed by atoms with Crippen LogP contribution in [0.4, 0.5) is 26.3 Å². The minimum Gasteiger partial charge on any atom is -0.412 e. The number of pyridine rings is 3. The van der Waals surface area contributed by atoms with Gasteiger partial charge in [0.25, 0.3) is 0 Å². The number of nitrogens with zero attached hydrogens (tertiary/aromatic N) is 14. The maximum atomic E-state index is 12.3. The Morgan fingerprint density at radius 3 is 1.38 bits per heavy atom. The summed E-state index contributed by atoms with van der Waals surface area (Å²) in [5.41, 5.74) is 3.68. The first kappa shape index (κ1) is 43.9. The van der Waals surface area contributed by atoms with Crippen molar-refractivity contribution in [3.63, 3.8) is 0 Å². The smallest absolute Gasteiger partial charge is 0.412 e. The van der Waals surface area contributed by atoms with E-state index in [1.807, 2.05) is 50.2 Å². The van der Waals surface area contributed by atoms with E-state index < -0.39 is 24.0 Å². The summed E-state index contributed by atoms with van der Waals surface area (Å²) >= 11 is 0. The fourth-order valence-electron chi connectivity index (χ4n) is 4.11. The maximum Gasteiger partial charge on any atom is 3.00 e. The summed E-state index contributed by atoms with van der Waals surface area (Å²) < 4.78 is 73.3. The Hall–Kier alpha value is -6.86. The molecule has 8 aromatic heterocycles. The van der Waals surface area contributed by atoms with E-state index in [9.17, 15) is 26.3 Å². The zero-order valence-corrected chi connectivity index (χ0v) is 32.2. The summed E-state index contributed by atoms with van der Waals surface area (Å²) in [6, 6.07) is 25.1. The third kappa shape index (κ3) is 13.4. The van der Waals surface area contributed by atoms with E-state index >= 15 is 0 Å². The van der Waals surface area contributed by atoms with E-state index in [0.717, 1.165) is 40.6 Å². The third-order valence-electron chi connectivity index (χ3n) is 6.57. The number of alkyl halides is 6. The Morgan fingerprint density at radius 1 is 0.466 bits per heavy atom. The number of aryl methyl sites for hydroxylation is 2. The topological polar surface area (TPSA) is 182 Å². The normalized spacial score (nSPS) is 10.6. The second kappa shape index (κ2) is 20.9. The largest absolute Gasteiger partial charge is 3.00 e. The van der Waals surface area contributed by atoms with Crippen molar-refractivity contribution >= 4 is 0 Å². The molecule has 8 aromatic rings. The van der Waals surface area contributed by atoms with Gasteiger partial charge in [-0.25, -0.2) is 32.1 Å². The molecule has 0 aliphatic heterocycles. The Labute approximate surface area is 339 Å². The summed E-state index contributed by atoms with van der Waals surface area (Å²) in [7, 11) is 0. The standard InChI is InChI=1S/C10H6F3N3.2C10H8N3.C7H3F3N5.Ir/c11-10(12,13)9-15-6-4-8(16-9)7-3-1-2-5-14-7;2*1-8-11-7-5-10(13-8)9-4-2-3-6-12-9;8-7(9,10)6-13-5(14-15-6)4-11-2-1-3-12-4;/h1-6H;2*2-4,6-7H,1H3;1-3H;/q;3*-1;+3. The molecule has 0 radical (unpaired) electrons. The van der Waals surface area contributed by atoms with E-state index in [1.54, 1.807) is 43.0 Å². The van der Waals surface area contributed by atoms with E-state index in [0.29, 0.717) is 5.69 Å². The van der Waals surface area contributed by atoms with Crippen LogP contribution in [0.15, 0.2) is 116 Å². The van der Waals surface area contributed by atoms with Gasteiger partial charge in [-0.15, -0.1) is 12.1 Å². The van der Waals surface area contributed by atoms with E-state index in [1.165, 1.54) is 30.7 Å². The minimum atomic E-state index is -4.60. The summed E-state index contributed by atoms with van der Waals surface area (Å²) in [5.74, 6) is -1.19. The number of halogens is 6. The first-order valence-electron chi connectivity index (χ1n) is 16.2. The van der Waals surface area contributed by atoms with Gasteiger partial charge in [0.1, 0.15) is 17.5 Å². The Morgan fingerprint density at radius 2 is 0.948 bits per heavy atom. The van der Waals surface area contributed by atoms with Gasteiger partial charge in [-0.3, -0.25) is 30.0 Å². The van der Waals surface area contributed by atoms with Crippen molar-refractivity contribution in [1.82, 2.24) is 70.0 Å². The molecule has 14 nitrogen and oxygen atoms in total. The van der Waals surface area contributed by atoms with E-state index in [-0.39, 0.29) is 37.4 Å². The summed E-state index contributed by atoms with van der Waals surface area (Å²) in [4.78, 5) is 45.8. The van der Waals surface area contributed by atoms with Crippen molar-refractivity contribution in [1.29, 1.82) is 0 Å². The fraction of sp³-hybridized carbons (Fsp3) is 0.108. The van der Waals surface area contributed by atoms with Crippen molar-refractivity contribution < 1.29 is 46.4 Å². The Balaban J connectivity index is 0.000000171. The van der Waals surface area contributed by atoms with Crippen LogP contribution in [0.1, 0.15) is 23.3 Å². The van der Waals surface area contributed by atoms with Crippen molar-refractivity contribution in [2.45, 2.75) is 26.2 Å². The van der Waals surface area contributed by atoms with Crippen molar-refractivity contribution in [2.24, 2.45) is 0 Å². The molecule has 58 heavy (non-hydrogen) atoms. The molecule has 0 spiro atoms. The van der Waals surface area contributed by atoms with Crippen LogP contribution in [0.2, 0.25) is 0 Å². The second-order valence-corrected chi connectivity index (χ2v) is 10.8. The number of hydrogen-bond donors (Lipinski definition) is 0. The van der Waals surface area contributed by atoms with Gasteiger partial charge in [0.15, 0.2) is 5.82 Å². The predicted octanol–water partition coefficient (Wildman–Crippen LogP) is 6.76. The molecule has 8 rings (SSSR count). The number of aromatic nitrogens is 14. The molecule has 0 fully saturated rings. The molecule has 0 N–H and O–H groups in total. The van der Waals surface area contributed by atoms with Crippen LogP contribution in [-0.4, -0.2) is 64.9 Å². The Kier molecular flexibility index (Phi) is 15.8. The van der Waals surface area contributed by atoms with Gasteiger partial charge in [-0.05, 0) is 50.2 Å². The van der Waals surface area contributed by atoms with Crippen LogP contribution < -0.4 is 5.10 Å². The maximum absolute atomic E-state index is 12.3. The van der Waals surface area contributed by atoms with Gasteiger partial charge >= 0.3 is 32.5 Å². The molecule has 0 unspecified atom stereocenters. The second-order valence-electron chi connectivity index (χ2n) is 10.8. The molecule has 0 aliphatic carbocycles. The van der Waals surface area contributed by atoms with E-state index in [4.69, 9.17) is 0 Å². The number of hydrogen-bond acceptors (Lipinski definition) is 13. The van der Waals surface area contributed by atoms with Gasteiger partial charge < -0.3 is 20.1 Å². The molecular formula is C37H25F6IrN14. The van der Waals surface area contributed by atoms with Gasteiger partial charge in [-0.1, -0.05) is 53.4 Å². The van der Waals surface area contributed by atoms with Crippen LogP contribution in [0, 0.1) is 26.0 Å². The molecule has 0 atom stereocenters. The molecule has 21 heteroatoms. The van der Waals surface area contributed by atoms with Gasteiger partial charge in [0.05, 0.1) is 11.4 Å². The molecular weight excluding hydrogens is 947 g/mol. The molecule has 0 amide bonds. The van der Waals surface area contributed by atoms with Crippen LogP contribution >= 0.6 is 0 Å². The van der Waals surface area contributed by atoms with Crippen LogP contribution in [0.5, 0.6) is 0 Å². The first-order valence-corrected chi connectivity index (χ1v) is 16.2. The minimum absolute atomic E-state index is 0. The molecule has 0 aromatic carbocycles.